The second-order valence-corrected chi connectivity index (χ2v) is 6.02. The van der Waals surface area contributed by atoms with Gasteiger partial charge in [-0.3, -0.25) is 4.79 Å². The molecule has 0 unspecified atom stereocenters. The Bertz CT molecular complexity index is 243. The maximum Gasteiger partial charge on any atom is 0.234 e. The Morgan fingerprint density at radius 1 is 1.00 bits per heavy atom. The summed E-state index contributed by atoms with van der Waals surface area (Å²) in [6, 6.07) is 0.438. The third kappa shape index (κ3) is 5.85. The average molecular weight is 252 g/mol. The van der Waals surface area contributed by atoms with Crippen molar-refractivity contribution in [1.29, 1.82) is 0 Å². The molecule has 2 aliphatic carbocycles. The van der Waals surface area contributed by atoms with Crippen LogP contribution in [0.4, 0.5) is 0 Å². The van der Waals surface area contributed by atoms with Crippen LogP contribution in [0.5, 0.6) is 0 Å². The molecule has 0 atom stereocenters. The van der Waals surface area contributed by atoms with Gasteiger partial charge in [0.05, 0.1) is 6.54 Å². The van der Waals surface area contributed by atoms with Gasteiger partial charge in [-0.1, -0.05) is 38.5 Å². The molecule has 0 aromatic carbocycles. The first-order chi connectivity index (χ1) is 8.84. The fourth-order valence-corrected chi connectivity index (χ4v) is 2.83. The van der Waals surface area contributed by atoms with Crippen molar-refractivity contribution in [3.8, 4) is 0 Å². The van der Waals surface area contributed by atoms with Gasteiger partial charge in [0.2, 0.25) is 5.91 Å². The molecule has 0 aromatic rings. The summed E-state index contributed by atoms with van der Waals surface area (Å²) in [7, 11) is 0. The van der Waals surface area contributed by atoms with Crippen LogP contribution in [0.1, 0.15) is 64.2 Å². The van der Waals surface area contributed by atoms with Crippen molar-refractivity contribution in [2.75, 3.05) is 13.1 Å². The van der Waals surface area contributed by atoms with E-state index in [1.54, 1.807) is 0 Å². The molecule has 3 heteroatoms. The van der Waals surface area contributed by atoms with E-state index >= 15 is 0 Å². The van der Waals surface area contributed by atoms with E-state index in [-0.39, 0.29) is 5.91 Å². The normalized spacial score (nSPS) is 21.6. The largest absolute Gasteiger partial charge is 0.352 e. The Kier molecular flexibility index (Phi) is 5.98. The molecule has 104 valence electrons. The Morgan fingerprint density at radius 3 is 2.39 bits per heavy atom. The fourth-order valence-electron chi connectivity index (χ4n) is 2.83. The molecule has 0 aromatic heterocycles. The highest BCUT2D eigenvalue weighted by Crippen LogP contribution is 2.33. The van der Waals surface area contributed by atoms with Gasteiger partial charge in [0.1, 0.15) is 0 Å². The lowest BCUT2D eigenvalue weighted by molar-refractivity contribution is -0.121. The van der Waals surface area contributed by atoms with E-state index in [0.29, 0.717) is 12.6 Å². The molecule has 2 aliphatic rings. The van der Waals surface area contributed by atoms with E-state index in [1.165, 1.54) is 64.2 Å². The van der Waals surface area contributed by atoms with Gasteiger partial charge in [0.25, 0.3) is 0 Å². The standard InChI is InChI=1S/C15H28N2O/c18-15(12-16-11-5-6-13-9-10-13)17-14-7-3-1-2-4-8-14/h13-14,16H,1-12H2,(H,17,18). The Morgan fingerprint density at radius 2 is 1.72 bits per heavy atom. The molecule has 0 spiro atoms. The number of carbonyl (C=O) groups is 1. The van der Waals surface area contributed by atoms with Crippen LogP contribution in [0.15, 0.2) is 0 Å². The maximum atomic E-state index is 11.8. The van der Waals surface area contributed by atoms with Crippen LogP contribution in [-0.2, 0) is 4.79 Å². The molecule has 0 aliphatic heterocycles. The van der Waals surface area contributed by atoms with Crippen molar-refractivity contribution in [2.24, 2.45) is 5.92 Å². The third-order valence-electron chi connectivity index (χ3n) is 4.17. The minimum atomic E-state index is 0.188. The van der Waals surface area contributed by atoms with Crippen LogP contribution >= 0.6 is 0 Å². The van der Waals surface area contributed by atoms with Crippen LogP contribution in [-0.4, -0.2) is 25.0 Å². The molecule has 1 amide bonds. The molecule has 3 nitrogen and oxygen atoms in total. The first kappa shape index (κ1) is 13.9. The van der Waals surface area contributed by atoms with Crippen molar-refractivity contribution >= 4 is 5.91 Å². The molecule has 2 saturated carbocycles. The zero-order valence-corrected chi connectivity index (χ0v) is 11.5. The molecule has 0 bridgehead atoms. The van der Waals surface area contributed by atoms with Crippen molar-refractivity contribution < 1.29 is 4.79 Å². The predicted octanol–water partition coefficient (Wildman–Crippen LogP) is 2.61. The minimum Gasteiger partial charge on any atom is -0.352 e. The van der Waals surface area contributed by atoms with Crippen molar-refractivity contribution in [3.63, 3.8) is 0 Å². The average Bonchev–Trinajstić information content (AvgIpc) is 3.16. The SMILES string of the molecule is O=C(CNCCCC1CC1)NC1CCCCCC1. The quantitative estimate of drug-likeness (QED) is 0.540. The van der Waals surface area contributed by atoms with E-state index in [2.05, 4.69) is 10.6 Å². The van der Waals surface area contributed by atoms with E-state index in [4.69, 9.17) is 0 Å². The lowest BCUT2D eigenvalue weighted by Gasteiger charge is -2.16. The zero-order chi connectivity index (χ0) is 12.6. The van der Waals surface area contributed by atoms with Crippen LogP contribution in [0.2, 0.25) is 0 Å². The second kappa shape index (κ2) is 7.78. The van der Waals surface area contributed by atoms with Crippen LogP contribution in [0, 0.1) is 5.92 Å². The Labute approximate surface area is 111 Å². The maximum absolute atomic E-state index is 11.8. The van der Waals surface area contributed by atoms with Gasteiger partial charge in [-0.15, -0.1) is 0 Å². The zero-order valence-electron chi connectivity index (χ0n) is 11.5. The van der Waals surface area contributed by atoms with Gasteiger partial charge < -0.3 is 10.6 Å². The molecule has 0 heterocycles. The van der Waals surface area contributed by atoms with Crippen LogP contribution in [0.25, 0.3) is 0 Å². The number of carbonyl (C=O) groups excluding carboxylic acids is 1. The third-order valence-corrected chi connectivity index (χ3v) is 4.17. The van der Waals surface area contributed by atoms with E-state index in [1.807, 2.05) is 0 Å². The monoisotopic (exact) mass is 252 g/mol. The van der Waals surface area contributed by atoms with E-state index < -0.39 is 0 Å². The Hall–Kier alpha value is -0.570. The summed E-state index contributed by atoms with van der Waals surface area (Å²) in [6.07, 6.45) is 13.0. The summed E-state index contributed by atoms with van der Waals surface area (Å²) in [5.74, 6) is 1.19. The van der Waals surface area contributed by atoms with Crippen LogP contribution in [0.3, 0.4) is 0 Å². The number of nitrogens with one attached hydrogen (secondary N) is 2. The first-order valence-corrected chi connectivity index (χ1v) is 7.84. The number of hydrogen-bond acceptors (Lipinski definition) is 2. The van der Waals surface area contributed by atoms with E-state index in [0.717, 1.165) is 12.5 Å². The fraction of sp³-hybridized carbons (Fsp3) is 0.933. The van der Waals surface area contributed by atoms with Gasteiger partial charge in [-0.25, -0.2) is 0 Å². The topological polar surface area (TPSA) is 41.1 Å². The first-order valence-electron chi connectivity index (χ1n) is 7.84. The van der Waals surface area contributed by atoms with E-state index in [9.17, 15) is 4.79 Å². The molecular weight excluding hydrogens is 224 g/mol. The summed E-state index contributed by atoms with van der Waals surface area (Å²) in [5, 5.41) is 6.43. The van der Waals surface area contributed by atoms with Crippen molar-refractivity contribution in [3.05, 3.63) is 0 Å². The van der Waals surface area contributed by atoms with Gasteiger partial charge in [-0.05, 0) is 38.1 Å². The predicted molar refractivity (Wildman–Crippen MR) is 74.5 cm³/mol. The van der Waals surface area contributed by atoms with Crippen molar-refractivity contribution in [2.45, 2.75) is 70.3 Å². The molecule has 2 N–H and O–H groups in total. The number of hydrogen-bond donors (Lipinski definition) is 2. The molecule has 2 rings (SSSR count). The highest BCUT2D eigenvalue weighted by atomic mass is 16.1. The Balaban J connectivity index is 1.47. The lowest BCUT2D eigenvalue weighted by atomic mass is 10.1. The summed E-state index contributed by atoms with van der Waals surface area (Å²) in [5.41, 5.74) is 0. The molecule has 2 fully saturated rings. The van der Waals surface area contributed by atoms with Crippen LogP contribution < -0.4 is 10.6 Å². The summed E-state index contributed by atoms with van der Waals surface area (Å²) in [4.78, 5) is 11.8. The van der Waals surface area contributed by atoms with Gasteiger partial charge >= 0.3 is 0 Å². The number of amides is 1. The molecule has 18 heavy (non-hydrogen) atoms. The van der Waals surface area contributed by atoms with Gasteiger partial charge in [0.15, 0.2) is 0 Å². The molecule has 0 saturated heterocycles. The van der Waals surface area contributed by atoms with Gasteiger partial charge in [-0.2, -0.15) is 0 Å². The smallest absolute Gasteiger partial charge is 0.234 e. The van der Waals surface area contributed by atoms with Gasteiger partial charge in [0, 0.05) is 6.04 Å². The number of rotatable bonds is 7. The minimum absolute atomic E-state index is 0.188. The summed E-state index contributed by atoms with van der Waals surface area (Å²) < 4.78 is 0. The molecular formula is C15H28N2O. The van der Waals surface area contributed by atoms with Crippen molar-refractivity contribution in [1.82, 2.24) is 10.6 Å². The second-order valence-electron chi connectivity index (χ2n) is 6.02. The highest BCUT2D eigenvalue weighted by Gasteiger charge is 2.20. The summed E-state index contributed by atoms with van der Waals surface area (Å²) in [6.45, 7) is 1.50. The lowest BCUT2D eigenvalue weighted by Crippen LogP contribution is -2.40. The summed E-state index contributed by atoms with van der Waals surface area (Å²) >= 11 is 0. The molecule has 0 radical (unpaired) electrons. The highest BCUT2D eigenvalue weighted by molar-refractivity contribution is 5.78.